The van der Waals surface area contributed by atoms with Crippen molar-refractivity contribution in [3.8, 4) is 11.8 Å². The van der Waals surface area contributed by atoms with Gasteiger partial charge < -0.3 is 15.0 Å². The summed E-state index contributed by atoms with van der Waals surface area (Å²) in [4.78, 5) is 14.0. The number of ether oxygens (including phenoxy) is 1. The van der Waals surface area contributed by atoms with E-state index in [1.165, 1.54) is 6.20 Å². The van der Waals surface area contributed by atoms with E-state index in [1.807, 2.05) is 30.3 Å². The molecule has 1 saturated heterocycles. The van der Waals surface area contributed by atoms with E-state index in [1.54, 1.807) is 12.0 Å². The molecule has 1 heterocycles. The zero-order chi connectivity index (χ0) is 15.1. The largest absolute Gasteiger partial charge is 0.497 e. The molecule has 0 aliphatic carbocycles. The van der Waals surface area contributed by atoms with Crippen molar-refractivity contribution >= 4 is 11.6 Å². The van der Waals surface area contributed by atoms with Gasteiger partial charge in [-0.15, -0.1) is 0 Å². The van der Waals surface area contributed by atoms with Crippen molar-refractivity contribution in [2.75, 3.05) is 25.5 Å². The summed E-state index contributed by atoms with van der Waals surface area (Å²) >= 11 is 0. The molecule has 5 heteroatoms. The van der Waals surface area contributed by atoms with Gasteiger partial charge in [-0.2, -0.15) is 5.26 Å². The highest BCUT2D eigenvalue weighted by atomic mass is 16.5. The summed E-state index contributed by atoms with van der Waals surface area (Å²) in [5.74, 6) is 0.563. The number of benzene rings is 1. The van der Waals surface area contributed by atoms with Crippen LogP contribution in [0.1, 0.15) is 19.3 Å². The van der Waals surface area contributed by atoms with Gasteiger partial charge in [-0.25, -0.2) is 0 Å². The molecule has 1 aromatic carbocycles. The SMILES string of the molecule is COc1ccc(N/C=C(/C#N)C(=O)N2CCCCC2)cc1. The Balaban J connectivity index is 2.02. The maximum atomic E-state index is 12.2. The number of hydrogen-bond acceptors (Lipinski definition) is 4. The first kappa shape index (κ1) is 14.9. The third-order valence-electron chi connectivity index (χ3n) is 3.47. The molecule has 0 saturated carbocycles. The molecule has 1 fully saturated rings. The van der Waals surface area contributed by atoms with Crippen LogP contribution < -0.4 is 10.1 Å². The van der Waals surface area contributed by atoms with E-state index in [0.29, 0.717) is 0 Å². The van der Waals surface area contributed by atoms with Crippen LogP contribution in [0.15, 0.2) is 36.0 Å². The van der Waals surface area contributed by atoms with E-state index in [0.717, 1.165) is 43.8 Å². The third kappa shape index (κ3) is 3.99. The van der Waals surface area contributed by atoms with Crippen molar-refractivity contribution in [2.45, 2.75) is 19.3 Å². The van der Waals surface area contributed by atoms with Crippen LogP contribution in [0.3, 0.4) is 0 Å². The number of hydrogen-bond donors (Lipinski definition) is 1. The first-order valence-electron chi connectivity index (χ1n) is 7.04. The molecular weight excluding hydrogens is 266 g/mol. The van der Waals surface area contributed by atoms with Crippen LogP contribution in [0.2, 0.25) is 0 Å². The van der Waals surface area contributed by atoms with E-state index in [4.69, 9.17) is 10.00 Å². The molecule has 1 amide bonds. The molecule has 21 heavy (non-hydrogen) atoms. The maximum absolute atomic E-state index is 12.2. The van der Waals surface area contributed by atoms with Gasteiger partial charge in [0.05, 0.1) is 7.11 Å². The Morgan fingerprint density at radius 3 is 2.52 bits per heavy atom. The minimum atomic E-state index is -0.196. The predicted molar refractivity (Wildman–Crippen MR) is 80.7 cm³/mol. The Morgan fingerprint density at radius 2 is 1.95 bits per heavy atom. The van der Waals surface area contributed by atoms with Crippen molar-refractivity contribution in [1.29, 1.82) is 5.26 Å². The van der Waals surface area contributed by atoms with Crippen LogP contribution in [0, 0.1) is 11.3 Å². The van der Waals surface area contributed by atoms with Crippen molar-refractivity contribution in [3.05, 3.63) is 36.0 Å². The van der Waals surface area contributed by atoms with Crippen LogP contribution in [0.25, 0.3) is 0 Å². The summed E-state index contributed by atoms with van der Waals surface area (Å²) in [6, 6.07) is 9.26. The highest BCUT2D eigenvalue weighted by Crippen LogP contribution is 2.16. The van der Waals surface area contributed by atoms with E-state index in [-0.39, 0.29) is 11.5 Å². The second-order valence-corrected chi connectivity index (χ2v) is 4.90. The molecule has 0 unspecified atom stereocenters. The lowest BCUT2D eigenvalue weighted by Crippen LogP contribution is -2.36. The van der Waals surface area contributed by atoms with Crippen LogP contribution >= 0.6 is 0 Å². The van der Waals surface area contributed by atoms with E-state index >= 15 is 0 Å². The molecule has 0 spiro atoms. The fourth-order valence-corrected chi connectivity index (χ4v) is 2.25. The molecule has 1 N–H and O–H groups in total. The maximum Gasteiger partial charge on any atom is 0.266 e. The van der Waals surface area contributed by atoms with Crippen LogP contribution in [-0.4, -0.2) is 31.0 Å². The molecule has 0 radical (unpaired) electrons. The topological polar surface area (TPSA) is 65.4 Å². The summed E-state index contributed by atoms with van der Waals surface area (Å²) in [7, 11) is 1.60. The summed E-state index contributed by atoms with van der Waals surface area (Å²) < 4.78 is 5.08. The Bertz CT molecular complexity index is 552. The summed E-state index contributed by atoms with van der Waals surface area (Å²) in [6.07, 6.45) is 4.64. The zero-order valence-electron chi connectivity index (χ0n) is 12.1. The average Bonchev–Trinajstić information content (AvgIpc) is 2.56. The minimum Gasteiger partial charge on any atom is -0.497 e. The normalized spacial score (nSPS) is 15.2. The van der Waals surface area contributed by atoms with Gasteiger partial charge in [-0.3, -0.25) is 4.79 Å². The standard InChI is InChI=1S/C16H19N3O2/c1-21-15-7-5-14(6-8-15)18-12-13(11-17)16(20)19-9-3-2-4-10-19/h5-8,12,18H,2-4,9-10H2,1H3/b13-12-. The van der Waals surface area contributed by atoms with E-state index in [2.05, 4.69) is 5.32 Å². The summed E-state index contributed by atoms with van der Waals surface area (Å²) in [5.41, 5.74) is 0.933. The molecule has 1 aliphatic rings. The van der Waals surface area contributed by atoms with Crippen molar-refractivity contribution in [1.82, 2.24) is 4.90 Å². The number of nitrogens with one attached hydrogen (secondary N) is 1. The second-order valence-electron chi connectivity index (χ2n) is 4.90. The summed E-state index contributed by atoms with van der Waals surface area (Å²) in [6.45, 7) is 1.47. The highest BCUT2D eigenvalue weighted by Gasteiger charge is 2.19. The second kappa shape index (κ2) is 7.34. The number of methoxy groups -OCH3 is 1. The molecule has 1 aliphatic heterocycles. The first-order chi connectivity index (χ1) is 10.2. The van der Waals surface area contributed by atoms with Gasteiger partial charge in [0.1, 0.15) is 17.4 Å². The first-order valence-corrected chi connectivity index (χ1v) is 7.04. The molecule has 1 aromatic rings. The number of anilines is 1. The Labute approximate surface area is 124 Å². The lowest BCUT2D eigenvalue weighted by atomic mass is 10.1. The van der Waals surface area contributed by atoms with Crippen LogP contribution in [0.5, 0.6) is 5.75 Å². The van der Waals surface area contributed by atoms with Gasteiger partial charge in [0, 0.05) is 25.0 Å². The van der Waals surface area contributed by atoms with E-state index < -0.39 is 0 Å². The number of nitrogens with zero attached hydrogens (tertiary/aromatic N) is 2. The van der Waals surface area contributed by atoms with Crippen LogP contribution in [0.4, 0.5) is 5.69 Å². The number of carbonyl (C=O) groups is 1. The molecular formula is C16H19N3O2. The summed E-state index contributed by atoms with van der Waals surface area (Å²) in [5, 5.41) is 12.1. The quantitative estimate of drug-likeness (QED) is 0.682. The fraction of sp³-hybridized carbons (Fsp3) is 0.375. The van der Waals surface area contributed by atoms with Gasteiger partial charge in [0.2, 0.25) is 0 Å². The Hall–Kier alpha value is -2.48. The van der Waals surface area contributed by atoms with Crippen LogP contribution in [-0.2, 0) is 4.79 Å². The van der Waals surface area contributed by atoms with E-state index in [9.17, 15) is 4.79 Å². The smallest absolute Gasteiger partial charge is 0.266 e. The lowest BCUT2D eigenvalue weighted by molar-refractivity contribution is -0.127. The van der Waals surface area contributed by atoms with Gasteiger partial charge in [-0.1, -0.05) is 0 Å². The van der Waals surface area contributed by atoms with Crippen molar-refractivity contribution in [3.63, 3.8) is 0 Å². The van der Waals surface area contributed by atoms with Crippen molar-refractivity contribution < 1.29 is 9.53 Å². The molecule has 110 valence electrons. The fourth-order valence-electron chi connectivity index (χ4n) is 2.25. The third-order valence-corrected chi connectivity index (χ3v) is 3.47. The van der Waals surface area contributed by atoms with Gasteiger partial charge in [0.15, 0.2) is 0 Å². The molecule has 0 bridgehead atoms. The predicted octanol–water partition coefficient (Wildman–Crippen LogP) is 2.53. The molecule has 5 nitrogen and oxygen atoms in total. The van der Waals surface area contributed by atoms with Gasteiger partial charge >= 0.3 is 0 Å². The lowest BCUT2D eigenvalue weighted by Gasteiger charge is -2.26. The molecule has 0 atom stereocenters. The van der Waals surface area contributed by atoms with Gasteiger partial charge in [-0.05, 0) is 43.5 Å². The number of likely N-dealkylation sites (tertiary alicyclic amines) is 1. The average molecular weight is 285 g/mol. The van der Waals surface area contributed by atoms with Crippen molar-refractivity contribution in [2.24, 2.45) is 0 Å². The van der Waals surface area contributed by atoms with Gasteiger partial charge in [0.25, 0.3) is 5.91 Å². The molecule has 0 aromatic heterocycles. The molecule has 2 rings (SSSR count). The monoisotopic (exact) mass is 285 g/mol. The number of carbonyl (C=O) groups excluding carboxylic acids is 1. The number of amides is 1. The zero-order valence-corrected chi connectivity index (χ0v) is 12.1. The highest BCUT2D eigenvalue weighted by molar-refractivity contribution is 5.97. The minimum absolute atomic E-state index is 0.132. The Kier molecular flexibility index (Phi) is 5.22. The number of piperidine rings is 1. The Morgan fingerprint density at radius 1 is 1.29 bits per heavy atom. The number of nitriles is 1. The number of rotatable bonds is 4.